The van der Waals surface area contributed by atoms with Crippen molar-refractivity contribution in [3.63, 3.8) is 0 Å². The molecule has 0 spiro atoms. The lowest BCUT2D eigenvalue weighted by molar-refractivity contribution is 0.329. The van der Waals surface area contributed by atoms with Gasteiger partial charge >= 0.3 is 0 Å². The number of aromatic nitrogens is 2. The SMILES string of the molecule is CC(C)(C)c1[nH]c2ncccc2c1CN1CCCC1. The third-order valence-electron chi connectivity index (χ3n) is 4.01. The van der Waals surface area contributed by atoms with Crippen molar-refractivity contribution in [2.75, 3.05) is 13.1 Å². The van der Waals surface area contributed by atoms with E-state index < -0.39 is 0 Å². The summed E-state index contributed by atoms with van der Waals surface area (Å²) in [6.07, 6.45) is 4.54. The van der Waals surface area contributed by atoms with Gasteiger partial charge in [0.25, 0.3) is 0 Å². The summed E-state index contributed by atoms with van der Waals surface area (Å²) in [6.45, 7) is 10.3. The molecule has 2 aromatic rings. The molecule has 0 radical (unpaired) electrons. The topological polar surface area (TPSA) is 31.9 Å². The Kier molecular flexibility index (Phi) is 3.09. The Hall–Kier alpha value is -1.35. The fourth-order valence-corrected chi connectivity index (χ4v) is 3.05. The van der Waals surface area contributed by atoms with E-state index in [2.05, 4.69) is 41.7 Å². The number of likely N-dealkylation sites (tertiary alicyclic amines) is 1. The number of aromatic amines is 1. The monoisotopic (exact) mass is 257 g/mol. The molecule has 2 aromatic heterocycles. The molecule has 1 aliphatic rings. The smallest absolute Gasteiger partial charge is 0.137 e. The maximum Gasteiger partial charge on any atom is 0.137 e. The fourth-order valence-electron chi connectivity index (χ4n) is 3.05. The van der Waals surface area contributed by atoms with Crippen LogP contribution in [0.25, 0.3) is 11.0 Å². The maximum atomic E-state index is 4.48. The summed E-state index contributed by atoms with van der Waals surface area (Å²) in [5, 5.41) is 1.29. The molecule has 0 aromatic carbocycles. The second-order valence-corrected chi connectivity index (χ2v) is 6.61. The first kappa shape index (κ1) is 12.7. The van der Waals surface area contributed by atoms with Crippen LogP contribution in [0.5, 0.6) is 0 Å². The van der Waals surface area contributed by atoms with E-state index in [9.17, 15) is 0 Å². The average Bonchev–Trinajstić information content (AvgIpc) is 2.97. The third kappa shape index (κ3) is 2.39. The van der Waals surface area contributed by atoms with Crippen molar-refractivity contribution in [3.05, 3.63) is 29.6 Å². The van der Waals surface area contributed by atoms with E-state index in [1.807, 2.05) is 12.3 Å². The average molecular weight is 257 g/mol. The Bertz CT molecular complexity index is 571. The molecule has 1 aliphatic heterocycles. The van der Waals surface area contributed by atoms with Crippen molar-refractivity contribution < 1.29 is 0 Å². The van der Waals surface area contributed by atoms with Gasteiger partial charge in [0.05, 0.1) is 0 Å². The highest BCUT2D eigenvalue weighted by atomic mass is 15.1. The van der Waals surface area contributed by atoms with Gasteiger partial charge in [-0.25, -0.2) is 4.98 Å². The minimum Gasteiger partial charge on any atom is -0.342 e. The van der Waals surface area contributed by atoms with Crippen molar-refractivity contribution in [2.45, 2.75) is 45.6 Å². The Morgan fingerprint density at radius 3 is 2.68 bits per heavy atom. The highest BCUT2D eigenvalue weighted by Gasteiger charge is 2.24. The summed E-state index contributed by atoms with van der Waals surface area (Å²) >= 11 is 0. The molecule has 0 saturated carbocycles. The first-order valence-electron chi connectivity index (χ1n) is 7.24. The fraction of sp³-hybridized carbons (Fsp3) is 0.562. The molecule has 1 saturated heterocycles. The van der Waals surface area contributed by atoms with Gasteiger partial charge in [0.15, 0.2) is 0 Å². The van der Waals surface area contributed by atoms with Gasteiger partial charge in [-0.1, -0.05) is 20.8 Å². The zero-order valence-corrected chi connectivity index (χ0v) is 12.2. The van der Waals surface area contributed by atoms with Crippen molar-refractivity contribution in [1.82, 2.24) is 14.9 Å². The third-order valence-corrected chi connectivity index (χ3v) is 4.01. The molecule has 1 fully saturated rings. The van der Waals surface area contributed by atoms with E-state index in [1.54, 1.807) is 0 Å². The minimum absolute atomic E-state index is 0.135. The van der Waals surface area contributed by atoms with E-state index in [1.165, 1.54) is 42.6 Å². The Balaban J connectivity index is 2.07. The number of rotatable bonds is 2. The molecule has 3 heterocycles. The molecule has 1 N–H and O–H groups in total. The van der Waals surface area contributed by atoms with Crippen molar-refractivity contribution in [1.29, 1.82) is 0 Å². The number of nitrogens with zero attached hydrogens (tertiary/aromatic N) is 2. The number of hydrogen-bond acceptors (Lipinski definition) is 2. The van der Waals surface area contributed by atoms with Gasteiger partial charge in [0, 0.05) is 29.2 Å². The van der Waals surface area contributed by atoms with Crippen molar-refractivity contribution in [2.24, 2.45) is 0 Å². The quantitative estimate of drug-likeness (QED) is 0.893. The highest BCUT2D eigenvalue weighted by Crippen LogP contribution is 2.32. The molecule has 0 atom stereocenters. The van der Waals surface area contributed by atoms with E-state index >= 15 is 0 Å². The second-order valence-electron chi connectivity index (χ2n) is 6.61. The van der Waals surface area contributed by atoms with Gasteiger partial charge in [0.2, 0.25) is 0 Å². The summed E-state index contributed by atoms with van der Waals surface area (Å²) in [7, 11) is 0. The Labute approximate surface area is 115 Å². The number of fused-ring (bicyclic) bond motifs is 1. The molecule has 19 heavy (non-hydrogen) atoms. The van der Waals surface area contributed by atoms with Gasteiger partial charge in [0.1, 0.15) is 5.65 Å². The standard InChI is InChI=1S/C16H23N3/c1-16(2,3)14-13(11-19-9-4-5-10-19)12-7-6-8-17-15(12)18-14/h6-8H,4-5,9-11H2,1-3H3,(H,17,18). The molecule has 3 rings (SSSR count). The first-order valence-corrected chi connectivity index (χ1v) is 7.24. The summed E-state index contributed by atoms with van der Waals surface area (Å²) in [5.74, 6) is 0. The predicted octanol–water partition coefficient (Wildman–Crippen LogP) is 3.46. The maximum absolute atomic E-state index is 4.48. The van der Waals surface area contributed by atoms with Gasteiger partial charge in [-0.15, -0.1) is 0 Å². The van der Waals surface area contributed by atoms with E-state index in [0.717, 1.165) is 12.2 Å². The van der Waals surface area contributed by atoms with Gasteiger partial charge in [-0.05, 0) is 43.6 Å². The highest BCUT2D eigenvalue weighted by molar-refractivity contribution is 5.81. The van der Waals surface area contributed by atoms with Gasteiger partial charge in [-0.2, -0.15) is 0 Å². The zero-order chi connectivity index (χ0) is 13.5. The van der Waals surface area contributed by atoms with Gasteiger partial charge in [-0.3, -0.25) is 4.90 Å². The first-order chi connectivity index (χ1) is 9.05. The molecule has 0 unspecified atom stereocenters. The van der Waals surface area contributed by atoms with Crippen LogP contribution in [0.3, 0.4) is 0 Å². The van der Waals surface area contributed by atoms with Crippen molar-refractivity contribution in [3.8, 4) is 0 Å². The lowest BCUT2D eigenvalue weighted by Crippen LogP contribution is -2.22. The Morgan fingerprint density at radius 2 is 2.00 bits per heavy atom. The summed E-state index contributed by atoms with van der Waals surface area (Å²) < 4.78 is 0. The number of pyridine rings is 1. The zero-order valence-electron chi connectivity index (χ0n) is 12.2. The van der Waals surface area contributed by atoms with Crippen LogP contribution >= 0.6 is 0 Å². The van der Waals surface area contributed by atoms with E-state index in [4.69, 9.17) is 0 Å². The van der Waals surface area contributed by atoms with Crippen LogP contribution in [0, 0.1) is 0 Å². The van der Waals surface area contributed by atoms with E-state index in [-0.39, 0.29) is 5.41 Å². The van der Waals surface area contributed by atoms with Crippen molar-refractivity contribution >= 4 is 11.0 Å². The molecular weight excluding hydrogens is 234 g/mol. The van der Waals surface area contributed by atoms with Crippen LogP contribution in [0.1, 0.15) is 44.9 Å². The lowest BCUT2D eigenvalue weighted by Gasteiger charge is -2.22. The number of nitrogens with one attached hydrogen (secondary N) is 1. The largest absolute Gasteiger partial charge is 0.342 e. The minimum atomic E-state index is 0.135. The Morgan fingerprint density at radius 1 is 1.26 bits per heavy atom. The summed E-state index contributed by atoms with van der Waals surface area (Å²) in [6, 6.07) is 4.23. The second kappa shape index (κ2) is 4.64. The van der Waals surface area contributed by atoms with Crippen LogP contribution in [-0.2, 0) is 12.0 Å². The van der Waals surface area contributed by atoms with Crippen LogP contribution in [0.15, 0.2) is 18.3 Å². The van der Waals surface area contributed by atoms with Crippen LogP contribution in [0.4, 0.5) is 0 Å². The van der Waals surface area contributed by atoms with Gasteiger partial charge < -0.3 is 4.98 Å². The normalized spacial score (nSPS) is 17.4. The predicted molar refractivity (Wildman–Crippen MR) is 79.3 cm³/mol. The number of H-pyrrole nitrogens is 1. The van der Waals surface area contributed by atoms with Crippen LogP contribution in [-0.4, -0.2) is 28.0 Å². The molecule has 3 heteroatoms. The van der Waals surface area contributed by atoms with Crippen LogP contribution < -0.4 is 0 Å². The molecular formula is C16H23N3. The molecule has 0 bridgehead atoms. The molecule has 102 valence electrons. The van der Waals surface area contributed by atoms with E-state index in [0.29, 0.717) is 0 Å². The summed E-state index contributed by atoms with van der Waals surface area (Å²) in [5.41, 5.74) is 3.95. The molecule has 3 nitrogen and oxygen atoms in total. The molecule has 0 aliphatic carbocycles. The molecule has 0 amide bonds. The lowest BCUT2D eigenvalue weighted by atomic mass is 9.89. The van der Waals surface area contributed by atoms with Crippen LogP contribution in [0.2, 0.25) is 0 Å². The summed E-state index contributed by atoms with van der Waals surface area (Å²) in [4.78, 5) is 10.6. The number of hydrogen-bond donors (Lipinski definition) is 1.